The Morgan fingerprint density at radius 1 is 1.00 bits per heavy atom. The predicted octanol–water partition coefficient (Wildman–Crippen LogP) is 7.44. The van der Waals surface area contributed by atoms with E-state index in [1.807, 2.05) is 12.1 Å². The van der Waals surface area contributed by atoms with Gasteiger partial charge in [0.25, 0.3) is 0 Å². The summed E-state index contributed by atoms with van der Waals surface area (Å²) in [6.45, 7) is -0.632. The number of carbonyl (C=O) groups is 1. The van der Waals surface area contributed by atoms with Crippen molar-refractivity contribution >= 4 is 28.9 Å². The summed E-state index contributed by atoms with van der Waals surface area (Å²) in [4.78, 5) is 14.6. The van der Waals surface area contributed by atoms with Crippen LogP contribution in [0.5, 0.6) is 0 Å². The number of carboxylic acids is 1. The molecule has 2 aromatic carbocycles. The summed E-state index contributed by atoms with van der Waals surface area (Å²) < 4.78 is 73.5. The van der Waals surface area contributed by atoms with Gasteiger partial charge in [0.15, 0.2) is 0 Å². The maximum absolute atomic E-state index is 12.2. The number of nitrogens with one attached hydrogen (secondary N) is 1. The van der Waals surface area contributed by atoms with E-state index in [0.717, 1.165) is 16.9 Å². The second-order valence-corrected chi connectivity index (χ2v) is 7.24. The standard InChI is InChI=1S/C10H6ClNO2S.C9H6F6N/c11-7-3-1-6(2-4-7)8-5-15-9(12-8)10(13)14;10-8(11,12)6-1-5(4-16)2-7(3-6)9(13,14)15/h1-5H,(H,13,14);1-3,16H,4H2/q;-1. The summed E-state index contributed by atoms with van der Waals surface area (Å²) in [6, 6.07) is 8.24. The van der Waals surface area contributed by atoms with E-state index >= 15 is 0 Å². The number of hydrogen-bond acceptors (Lipinski definition) is 3. The second kappa shape index (κ2) is 9.67. The number of alkyl halides is 6. The molecule has 0 aliphatic heterocycles. The Hall–Kier alpha value is -2.63. The highest BCUT2D eigenvalue weighted by atomic mass is 35.5. The van der Waals surface area contributed by atoms with Crippen molar-refractivity contribution in [3.8, 4) is 11.3 Å². The van der Waals surface area contributed by atoms with Gasteiger partial charge in [-0.3, -0.25) is 0 Å². The molecule has 0 spiro atoms. The summed E-state index contributed by atoms with van der Waals surface area (Å²) in [5.74, 6) is -1.000. The van der Waals surface area contributed by atoms with Gasteiger partial charge >= 0.3 is 18.3 Å². The lowest BCUT2D eigenvalue weighted by Crippen LogP contribution is -2.11. The van der Waals surface area contributed by atoms with Crippen molar-refractivity contribution in [1.29, 1.82) is 0 Å². The molecule has 4 nitrogen and oxygen atoms in total. The molecule has 1 heterocycles. The van der Waals surface area contributed by atoms with Crippen molar-refractivity contribution in [2.45, 2.75) is 18.9 Å². The molecule has 0 fully saturated rings. The average molecular weight is 482 g/mol. The zero-order valence-corrected chi connectivity index (χ0v) is 16.8. The molecule has 1 aromatic heterocycles. The Kier molecular flexibility index (Phi) is 7.68. The molecule has 0 amide bonds. The number of aromatic nitrogens is 1. The van der Waals surface area contributed by atoms with E-state index in [9.17, 15) is 31.1 Å². The third-order valence-corrected chi connectivity index (χ3v) is 4.76. The van der Waals surface area contributed by atoms with Gasteiger partial charge in [-0.05, 0) is 30.3 Å². The van der Waals surface area contributed by atoms with Gasteiger partial charge in [0.2, 0.25) is 5.01 Å². The molecule has 0 unspecified atom stereocenters. The molecule has 0 saturated heterocycles. The van der Waals surface area contributed by atoms with Gasteiger partial charge in [0.1, 0.15) is 0 Å². The highest BCUT2D eigenvalue weighted by Crippen LogP contribution is 2.36. The number of nitrogens with zero attached hydrogens (tertiary/aromatic N) is 1. The van der Waals surface area contributed by atoms with E-state index in [1.54, 1.807) is 17.5 Å². The van der Waals surface area contributed by atoms with E-state index in [1.165, 1.54) is 0 Å². The highest BCUT2D eigenvalue weighted by Gasteiger charge is 2.36. The predicted molar refractivity (Wildman–Crippen MR) is 104 cm³/mol. The normalized spacial score (nSPS) is 11.6. The van der Waals surface area contributed by atoms with E-state index in [4.69, 9.17) is 22.4 Å². The van der Waals surface area contributed by atoms with Crippen LogP contribution in [0.25, 0.3) is 17.0 Å². The minimum atomic E-state index is -4.84. The number of benzene rings is 2. The van der Waals surface area contributed by atoms with Crippen LogP contribution in [0.1, 0.15) is 26.5 Å². The van der Waals surface area contributed by atoms with Crippen LogP contribution in [0.2, 0.25) is 5.02 Å². The molecule has 0 aliphatic rings. The fourth-order valence-electron chi connectivity index (χ4n) is 2.25. The Morgan fingerprint density at radius 2 is 1.52 bits per heavy atom. The fourth-order valence-corrected chi connectivity index (χ4v) is 3.04. The first-order valence-corrected chi connectivity index (χ1v) is 9.44. The minimum absolute atomic E-state index is 0.0408. The van der Waals surface area contributed by atoms with Crippen LogP contribution in [0.4, 0.5) is 26.3 Å². The van der Waals surface area contributed by atoms with E-state index in [2.05, 4.69) is 4.98 Å². The van der Waals surface area contributed by atoms with Crippen molar-refractivity contribution in [2.24, 2.45) is 0 Å². The summed E-state index contributed by atoms with van der Waals surface area (Å²) in [7, 11) is 0. The lowest BCUT2D eigenvalue weighted by Gasteiger charge is -2.14. The van der Waals surface area contributed by atoms with Crippen LogP contribution in [-0.4, -0.2) is 16.1 Å². The van der Waals surface area contributed by atoms with Gasteiger partial charge in [-0.1, -0.05) is 29.3 Å². The number of hydrogen-bond donors (Lipinski definition) is 1. The average Bonchev–Trinajstić information content (AvgIpc) is 3.18. The lowest BCUT2D eigenvalue weighted by atomic mass is 10.0. The first-order chi connectivity index (χ1) is 14.3. The molecule has 12 heteroatoms. The topological polar surface area (TPSA) is 74.0 Å². The van der Waals surface area contributed by atoms with Crippen molar-refractivity contribution in [1.82, 2.24) is 4.98 Å². The molecular formula is C19H12ClF6N2O2S-. The maximum Gasteiger partial charge on any atom is 0.416 e. The fraction of sp³-hybridized carbons (Fsp3) is 0.158. The molecular weight excluding hydrogens is 470 g/mol. The Morgan fingerprint density at radius 3 is 1.90 bits per heavy atom. The Balaban J connectivity index is 0.000000220. The van der Waals surface area contributed by atoms with Crippen molar-refractivity contribution in [2.75, 3.05) is 0 Å². The largest absolute Gasteiger partial charge is 0.674 e. The first kappa shape index (κ1) is 24.6. The van der Waals surface area contributed by atoms with E-state index in [-0.39, 0.29) is 16.6 Å². The van der Waals surface area contributed by atoms with Crippen molar-refractivity contribution < 1.29 is 36.2 Å². The molecule has 0 aliphatic carbocycles. The maximum atomic E-state index is 12.2. The van der Waals surface area contributed by atoms with Crippen LogP contribution in [0, 0.1) is 0 Å². The summed E-state index contributed by atoms with van der Waals surface area (Å²) in [5.41, 5.74) is 5.25. The SMILES string of the molecule is O=C(O)c1nc(-c2ccc(Cl)cc2)cs1.[NH-]Cc1cc(C(F)(F)F)cc(C(F)(F)F)c1. The smallest absolute Gasteiger partial charge is 0.416 e. The Bertz CT molecular complexity index is 1020. The number of rotatable bonds is 3. The zero-order valence-electron chi connectivity index (χ0n) is 15.2. The molecule has 31 heavy (non-hydrogen) atoms. The third-order valence-electron chi connectivity index (χ3n) is 3.68. The van der Waals surface area contributed by atoms with Gasteiger partial charge in [0, 0.05) is 16.0 Å². The highest BCUT2D eigenvalue weighted by molar-refractivity contribution is 7.11. The van der Waals surface area contributed by atoms with Crippen LogP contribution >= 0.6 is 22.9 Å². The zero-order chi connectivity index (χ0) is 23.4. The molecule has 2 N–H and O–H groups in total. The van der Waals surface area contributed by atoms with Crippen molar-refractivity contribution in [3.05, 3.63) is 80.3 Å². The van der Waals surface area contributed by atoms with Crippen LogP contribution in [-0.2, 0) is 18.9 Å². The molecule has 0 saturated carbocycles. The van der Waals surface area contributed by atoms with Crippen LogP contribution in [0.3, 0.4) is 0 Å². The van der Waals surface area contributed by atoms with Crippen LogP contribution in [0.15, 0.2) is 47.8 Å². The molecule has 166 valence electrons. The Labute approximate surface area is 180 Å². The molecule has 3 aromatic rings. The molecule has 3 rings (SSSR count). The second-order valence-electron chi connectivity index (χ2n) is 5.94. The molecule has 0 radical (unpaired) electrons. The van der Waals surface area contributed by atoms with Gasteiger partial charge in [0.05, 0.1) is 16.8 Å². The van der Waals surface area contributed by atoms with E-state index < -0.39 is 36.0 Å². The third kappa shape index (κ3) is 6.94. The van der Waals surface area contributed by atoms with Gasteiger partial charge in [-0.15, -0.1) is 17.9 Å². The van der Waals surface area contributed by atoms with Gasteiger partial charge < -0.3 is 10.8 Å². The number of carboxylic acid groups (broad SMARTS) is 1. The van der Waals surface area contributed by atoms with Gasteiger partial charge in [-0.2, -0.15) is 26.3 Å². The quantitative estimate of drug-likeness (QED) is 0.395. The summed E-state index contributed by atoms with van der Waals surface area (Å²) >= 11 is 6.86. The van der Waals surface area contributed by atoms with Crippen LogP contribution < -0.4 is 0 Å². The van der Waals surface area contributed by atoms with Gasteiger partial charge in [-0.25, -0.2) is 9.78 Å². The lowest BCUT2D eigenvalue weighted by molar-refractivity contribution is -0.143. The minimum Gasteiger partial charge on any atom is -0.674 e. The van der Waals surface area contributed by atoms with Crippen molar-refractivity contribution in [3.63, 3.8) is 0 Å². The number of halogens is 7. The molecule has 0 atom stereocenters. The number of thiazole rings is 1. The molecule has 0 bridgehead atoms. The number of aromatic carboxylic acids is 1. The summed E-state index contributed by atoms with van der Waals surface area (Å²) in [5, 5.41) is 11.2. The monoisotopic (exact) mass is 481 g/mol. The van der Waals surface area contributed by atoms with E-state index in [0.29, 0.717) is 22.8 Å². The first-order valence-electron chi connectivity index (χ1n) is 8.19. The summed E-state index contributed by atoms with van der Waals surface area (Å²) in [6.07, 6.45) is -9.68.